The van der Waals surface area contributed by atoms with E-state index in [2.05, 4.69) is 20.5 Å². The van der Waals surface area contributed by atoms with Crippen molar-refractivity contribution in [2.45, 2.75) is 32.7 Å². The van der Waals surface area contributed by atoms with Crippen LogP contribution in [0, 0.1) is 0 Å². The Balaban J connectivity index is 2.03. The maximum atomic E-state index is 12.1. The highest BCUT2D eigenvalue weighted by atomic mass is 16.5. The number of carbonyl (C=O) groups is 1. The number of nitrogens with one attached hydrogen (secondary N) is 2. The van der Waals surface area contributed by atoms with Crippen molar-refractivity contribution < 1.29 is 9.53 Å². The van der Waals surface area contributed by atoms with Crippen molar-refractivity contribution in [3.63, 3.8) is 0 Å². The quantitative estimate of drug-likeness (QED) is 0.885. The highest BCUT2D eigenvalue weighted by Crippen LogP contribution is 2.17. The Morgan fingerprint density at radius 3 is 2.43 bits per heavy atom. The molecule has 2 rings (SSSR count). The van der Waals surface area contributed by atoms with Gasteiger partial charge in [0.25, 0.3) is 5.91 Å². The Hall–Kier alpha value is -2.37. The first-order chi connectivity index (χ1) is 10.0. The minimum Gasteiger partial charge on any atom is -0.497 e. The average Bonchev–Trinajstić information content (AvgIpc) is 2.97. The highest BCUT2D eigenvalue weighted by molar-refractivity contribution is 5.90. The van der Waals surface area contributed by atoms with Crippen LogP contribution in [0.25, 0.3) is 0 Å². The van der Waals surface area contributed by atoms with Crippen LogP contribution in [0.4, 0.5) is 0 Å². The molecule has 0 radical (unpaired) electrons. The molecule has 0 aliphatic rings. The van der Waals surface area contributed by atoms with E-state index in [0.29, 0.717) is 5.82 Å². The predicted molar refractivity (Wildman–Crippen MR) is 79.3 cm³/mol. The predicted octanol–water partition coefficient (Wildman–Crippen LogP) is 2.43. The number of hydrogen-bond acceptors (Lipinski definition) is 4. The van der Waals surface area contributed by atoms with Crippen molar-refractivity contribution >= 4 is 5.91 Å². The minimum atomic E-state index is -0.290. The molecule has 6 nitrogen and oxygen atoms in total. The summed E-state index contributed by atoms with van der Waals surface area (Å²) in [7, 11) is 1.62. The molecule has 1 aromatic heterocycles. The first-order valence-corrected chi connectivity index (χ1v) is 6.88. The van der Waals surface area contributed by atoms with E-state index in [4.69, 9.17) is 4.74 Å². The topological polar surface area (TPSA) is 79.9 Å². The molecule has 1 heterocycles. The fourth-order valence-electron chi connectivity index (χ4n) is 1.87. The molecule has 0 fully saturated rings. The van der Waals surface area contributed by atoms with Gasteiger partial charge in [-0.2, -0.15) is 0 Å². The largest absolute Gasteiger partial charge is 0.497 e. The normalized spacial score (nSPS) is 12.2. The summed E-state index contributed by atoms with van der Waals surface area (Å²) in [6.07, 6.45) is 0. The number of benzene rings is 1. The van der Waals surface area contributed by atoms with Gasteiger partial charge in [-0.15, -0.1) is 5.10 Å². The summed E-state index contributed by atoms with van der Waals surface area (Å²) in [6.45, 7) is 5.89. The van der Waals surface area contributed by atoms with Crippen LogP contribution in [0.3, 0.4) is 0 Å². The van der Waals surface area contributed by atoms with Crippen molar-refractivity contribution in [1.29, 1.82) is 0 Å². The van der Waals surface area contributed by atoms with Crippen molar-refractivity contribution in [3.05, 3.63) is 41.5 Å². The summed E-state index contributed by atoms with van der Waals surface area (Å²) < 4.78 is 5.11. The number of aromatic nitrogens is 3. The number of ether oxygens (including phenoxy) is 1. The summed E-state index contributed by atoms with van der Waals surface area (Å²) in [5, 5.41) is 9.60. The molecule has 112 valence electrons. The molecule has 6 heteroatoms. The Morgan fingerprint density at radius 2 is 1.90 bits per heavy atom. The monoisotopic (exact) mass is 288 g/mol. The van der Waals surface area contributed by atoms with Crippen LogP contribution in [0.15, 0.2) is 24.3 Å². The van der Waals surface area contributed by atoms with Crippen molar-refractivity contribution in [3.8, 4) is 5.75 Å². The third-order valence-electron chi connectivity index (χ3n) is 3.22. The Bertz CT molecular complexity index is 604. The van der Waals surface area contributed by atoms with Crippen LogP contribution < -0.4 is 10.1 Å². The van der Waals surface area contributed by atoms with Gasteiger partial charge in [0, 0.05) is 5.92 Å². The van der Waals surface area contributed by atoms with Gasteiger partial charge in [0.15, 0.2) is 0 Å². The number of methoxy groups -OCH3 is 1. The van der Waals surface area contributed by atoms with E-state index in [9.17, 15) is 4.79 Å². The smallest absolute Gasteiger partial charge is 0.291 e. The molecule has 21 heavy (non-hydrogen) atoms. The fraction of sp³-hybridized carbons (Fsp3) is 0.400. The maximum absolute atomic E-state index is 12.1. The van der Waals surface area contributed by atoms with Gasteiger partial charge in [-0.05, 0) is 24.6 Å². The van der Waals surface area contributed by atoms with Crippen LogP contribution in [0.1, 0.15) is 54.7 Å². The highest BCUT2D eigenvalue weighted by Gasteiger charge is 2.16. The van der Waals surface area contributed by atoms with E-state index in [1.165, 1.54) is 0 Å². The zero-order chi connectivity index (χ0) is 15.4. The summed E-state index contributed by atoms with van der Waals surface area (Å²) in [4.78, 5) is 16.3. The number of H-pyrrole nitrogens is 1. The molecule has 2 N–H and O–H groups in total. The number of nitrogens with zero attached hydrogens (tertiary/aromatic N) is 2. The summed E-state index contributed by atoms with van der Waals surface area (Å²) >= 11 is 0. The number of rotatable bonds is 5. The number of amides is 1. The van der Waals surface area contributed by atoms with E-state index < -0.39 is 0 Å². The van der Waals surface area contributed by atoms with Crippen molar-refractivity contribution in [1.82, 2.24) is 20.5 Å². The van der Waals surface area contributed by atoms with Crippen molar-refractivity contribution in [2.24, 2.45) is 0 Å². The molecule has 1 amide bonds. The van der Waals surface area contributed by atoms with E-state index in [0.717, 1.165) is 11.3 Å². The van der Waals surface area contributed by atoms with Crippen LogP contribution in [0.5, 0.6) is 5.75 Å². The third-order valence-corrected chi connectivity index (χ3v) is 3.22. The van der Waals surface area contributed by atoms with E-state index in [-0.39, 0.29) is 23.7 Å². The van der Waals surface area contributed by atoms with Gasteiger partial charge < -0.3 is 10.1 Å². The van der Waals surface area contributed by atoms with Crippen molar-refractivity contribution in [2.75, 3.05) is 7.11 Å². The molecule has 0 aliphatic carbocycles. The molecule has 1 unspecified atom stereocenters. The molecule has 0 bridgehead atoms. The van der Waals surface area contributed by atoms with Gasteiger partial charge in [-0.1, -0.05) is 26.0 Å². The lowest BCUT2D eigenvalue weighted by molar-refractivity contribution is 0.0929. The van der Waals surface area contributed by atoms with Gasteiger partial charge in [0.1, 0.15) is 11.6 Å². The van der Waals surface area contributed by atoms with Crippen LogP contribution in [-0.2, 0) is 0 Å². The molecule has 0 aliphatic heterocycles. The second kappa shape index (κ2) is 6.39. The molecule has 0 saturated carbocycles. The molecular weight excluding hydrogens is 268 g/mol. The lowest BCUT2D eigenvalue weighted by atomic mass is 10.1. The van der Waals surface area contributed by atoms with Gasteiger partial charge >= 0.3 is 0 Å². The fourth-order valence-corrected chi connectivity index (χ4v) is 1.87. The standard InChI is InChI=1S/C15H20N4O2/c1-9(2)13-17-14(19-18-13)15(20)16-10(3)11-5-7-12(21-4)8-6-11/h5-10H,1-4H3,(H,16,20)(H,17,18,19). The lowest BCUT2D eigenvalue weighted by Gasteiger charge is -2.13. The van der Waals surface area contributed by atoms with Gasteiger partial charge in [-0.25, -0.2) is 4.98 Å². The molecule has 1 aromatic carbocycles. The second-order valence-electron chi connectivity index (χ2n) is 5.17. The third kappa shape index (κ3) is 3.59. The molecule has 0 spiro atoms. The Kier molecular flexibility index (Phi) is 4.57. The zero-order valence-corrected chi connectivity index (χ0v) is 12.7. The lowest BCUT2D eigenvalue weighted by Crippen LogP contribution is -2.27. The van der Waals surface area contributed by atoms with Crippen LogP contribution in [0.2, 0.25) is 0 Å². The van der Waals surface area contributed by atoms with Gasteiger partial charge in [-0.3, -0.25) is 9.89 Å². The Labute approximate surface area is 123 Å². The van der Waals surface area contributed by atoms with E-state index >= 15 is 0 Å². The van der Waals surface area contributed by atoms with E-state index in [1.54, 1.807) is 7.11 Å². The maximum Gasteiger partial charge on any atom is 0.291 e. The minimum absolute atomic E-state index is 0.135. The molecule has 0 saturated heterocycles. The van der Waals surface area contributed by atoms with Crippen LogP contribution in [-0.4, -0.2) is 28.2 Å². The zero-order valence-electron chi connectivity index (χ0n) is 12.7. The second-order valence-corrected chi connectivity index (χ2v) is 5.17. The van der Waals surface area contributed by atoms with Crippen LogP contribution >= 0.6 is 0 Å². The van der Waals surface area contributed by atoms with Gasteiger partial charge in [0.05, 0.1) is 13.2 Å². The summed E-state index contributed by atoms with van der Waals surface area (Å²) in [6, 6.07) is 7.43. The molecule has 1 atom stereocenters. The first-order valence-electron chi connectivity index (χ1n) is 6.88. The molecular formula is C15H20N4O2. The Morgan fingerprint density at radius 1 is 1.24 bits per heavy atom. The number of aromatic amines is 1. The SMILES string of the molecule is COc1ccc(C(C)NC(=O)c2n[nH]c(C(C)C)n2)cc1. The average molecular weight is 288 g/mol. The molecule has 2 aromatic rings. The first kappa shape index (κ1) is 15.0. The van der Waals surface area contributed by atoms with E-state index in [1.807, 2.05) is 45.0 Å². The summed E-state index contributed by atoms with van der Waals surface area (Å²) in [5.74, 6) is 1.57. The number of hydrogen-bond donors (Lipinski definition) is 2. The summed E-state index contributed by atoms with van der Waals surface area (Å²) in [5.41, 5.74) is 0.990. The number of carbonyl (C=O) groups excluding carboxylic acids is 1. The van der Waals surface area contributed by atoms with Gasteiger partial charge in [0.2, 0.25) is 5.82 Å².